The molecule has 6 heteroatoms. The highest BCUT2D eigenvalue weighted by molar-refractivity contribution is 7.09. The second kappa shape index (κ2) is 6.53. The van der Waals surface area contributed by atoms with Crippen LogP contribution in [-0.4, -0.2) is 39.4 Å². The molecule has 2 atom stereocenters. The maximum atomic E-state index is 4.63. The van der Waals surface area contributed by atoms with E-state index in [1.807, 2.05) is 18.5 Å². The van der Waals surface area contributed by atoms with E-state index in [-0.39, 0.29) is 5.41 Å². The van der Waals surface area contributed by atoms with E-state index in [1.165, 1.54) is 23.5 Å². The summed E-state index contributed by atoms with van der Waals surface area (Å²) in [5.41, 5.74) is 1.30. The van der Waals surface area contributed by atoms with Crippen molar-refractivity contribution in [1.29, 1.82) is 0 Å². The van der Waals surface area contributed by atoms with Crippen molar-refractivity contribution in [3.63, 3.8) is 0 Å². The maximum absolute atomic E-state index is 4.63. The molecule has 1 aliphatic heterocycles. The van der Waals surface area contributed by atoms with Crippen LogP contribution in [0.1, 0.15) is 44.6 Å². The van der Waals surface area contributed by atoms with Crippen LogP contribution in [0.2, 0.25) is 0 Å². The summed E-state index contributed by atoms with van der Waals surface area (Å²) < 4.78 is 4.47. The van der Waals surface area contributed by atoms with Crippen molar-refractivity contribution in [3.05, 3.63) is 35.9 Å². The molecule has 0 spiro atoms. The summed E-state index contributed by atoms with van der Waals surface area (Å²) in [5, 5.41) is 4.42. The van der Waals surface area contributed by atoms with E-state index in [0.717, 1.165) is 24.0 Å². The molecule has 3 rings (SSSR count). The first kappa shape index (κ1) is 16.3. The quantitative estimate of drug-likeness (QED) is 0.931. The highest BCUT2D eigenvalue weighted by Gasteiger charge is 2.33. The Hall–Kier alpha value is -1.53. The number of nitrogens with one attached hydrogen (secondary N) is 1. The SMILES string of the molecule is CN1CC[C@@H](CNc2nc(C(C)(C)C)ns2)[C@@H]1c1cccnc1. The normalized spacial score (nSPS) is 22.4. The first-order chi connectivity index (χ1) is 10.9. The molecule has 3 heterocycles. The predicted molar refractivity (Wildman–Crippen MR) is 94.8 cm³/mol. The fraction of sp³-hybridized carbons (Fsp3) is 0.588. The lowest BCUT2D eigenvalue weighted by Crippen LogP contribution is -2.25. The number of likely N-dealkylation sites (tertiary alicyclic amines) is 1. The van der Waals surface area contributed by atoms with Crippen molar-refractivity contribution in [2.24, 2.45) is 5.92 Å². The minimum Gasteiger partial charge on any atom is -0.360 e. The zero-order valence-electron chi connectivity index (χ0n) is 14.3. The van der Waals surface area contributed by atoms with Gasteiger partial charge in [-0.05, 0) is 37.6 Å². The van der Waals surface area contributed by atoms with Crippen molar-refractivity contribution in [2.45, 2.75) is 38.6 Å². The number of nitrogens with zero attached hydrogens (tertiary/aromatic N) is 4. The third-order valence-electron chi connectivity index (χ3n) is 4.41. The van der Waals surface area contributed by atoms with E-state index in [9.17, 15) is 0 Å². The van der Waals surface area contributed by atoms with Gasteiger partial charge in [0.1, 0.15) is 5.82 Å². The topological polar surface area (TPSA) is 53.9 Å². The molecule has 0 radical (unpaired) electrons. The van der Waals surface area contributed by atoms with Crippen molar-refractivity contribution in [3.8, 4) is 0 Å². The fourth-order valence-electron chi connectivity index (χ4n) is 3.14. The Morgan fingerprint density at radius 2 is 2.22 bits per heavy atom. The third kappa shape index (κ3) is 3.70. The van der Waals surface area contributed by atoms with Gasteiger partial charge in [-0.2, -0.15) is 4.37 Å². The Morgan fingerprint density at radius 3 is 2.87 bits per heavy atom. The molecule has 0 aromatic carbocycles. The summed E-state index contributed by atoms with van der Waals surface area (Å²) in [5.74, 6) is 1.48. The van der Waals surface area contributed by atoms with Gasteiger partial charge >= 0.3 is 0 Å². The fourth-order valence-corrected chi connectivity index (χ4v) is 3.90. The van der Waals surface area contributed by atoms with Crippen molar-refractivity contribution >= 4 is 16.7 Å². The summed E-state index contributed by atoms with van der Waals surface area (Å²) in [7, 11) is 2.19. The van der Waals surface area contributed by atoms with Gasteiger partial charge in [0.25, 0.3) is 0 Å². The zero-order valence-corrected chi connectivity index (χ0v) is 15.1. The van der Waals surface area contributed by atoms with Crippen molar-refractivity contribution < 1.29 is 0 Å². The molecule has 23 heavy (non-hydrogen) atoms. The zero-order chi connectivity index (χ0) is 16.4. The first-order valence-corrected chi connectivity index (χ1v) is 8.91. The molecule has 2 aromatic rings. The summed E-state index contributed by atoms with van der Waals surface area (Å²) in [6, 6.07) is 4.62. The smallest absolute Gasteiger partial charge is 0.202 e. The van der Waals surface area contributed by atoms with Crippen LogP contribution in [0.25, 0.3) is 0 Å². The van der Waals surface area contributed by atoms with Crippen LogP contribution < -0.4 is 5.32 Å². The molecule has 1 aliphatic rings. The average Bonchev–Trinajstić information content (AvgIpc) is 3.12. The van der Waals surface area contributed by atoms with Crippen molar-refractivity contribution in [1.82, 2.24) is 19.2 Å². The van der Waals surface area contributed by atoms with E-state index >= 15 is 0 Å². The Balaban J connectivity index is 1.66. The van der Waals surface area contributed by atoms with Gasteiger partial charge in [-0.1, -0.05) is 26.8 Å². The van der Waals surface area contributed by atoms with E-state index in [2.05, 4.69) is 58.4 Å². The van der Waals surface area contributed by atoms with Gasteiger partial charge in [0.05, 0.1) is 0 Å². The van der Waals surface area contributed by atoms with Gasteiger partial charge in [0, 0.05) is 41.9 Å². The molecule has 0 aliphatic carbocycles. The summed E-state index contributed by atoms with van der Waals surface area (Å²) in [4.78, 5) is 11.3. The molecule has 0 unspecified atom stereocenters. The summed E-state index contributed by atoms with van der Waals surface area (Å²) in [6.45, 7) is 8.47. The number of rotatable bonds is 4. The van der Waals surface area contributed by atoms with Crippen LogP contribution in [0, 0.1) is 5.92 Å². The van der Waals surface area contributed by atoms with Gasteiger partial charge in [-0.15, -0.1) is 0 Å². The monoisotopic (exact) mass is 331 g/mol. The van der Waals surface area contributed by atoms with Gasteiger partial charge in [0.2, 0.25) is 5.13 Å². The molecule has 1 saturated heterocycles. The largest absolute Gasteiger partial charge is 0.360 e. The van der Waals surface area contributed by atoms with Crippen molar-refractivity contribution in [2.75, 3.05) is 25.5 Å². The Bertz CT molecular complexity index is 634. The lowest BCUT2D eigenvalue weighted by Gasteiger charge is -2.25. The minimum atomic E-state index is 0.00223. The molecule has 5 nitrogen and oxygen atoms in total. The van der Waals surface area contributed by atoms with Gasteiger partial charge in [0.15, 0.2) is 0 Å². The molecule has 0 saturated carbocycles. The van der Waals surface area contributed by atoms with E-state index < -0.39 is 0 Å². The van der Waals surface area contributed by atoms with Crippen LogP contribution in [0.5, 0.6) is 0 Å². The number of hydrogen-bond acceptors (Lipinski definition) is 6. The maximum Gasteiger partial charge on any atom is 0.202 e. The average molecular weight is 331 g/mol. The molecule has 0 amide bonds. The Labute approximate surface area is 142 Å². The molecule has 124 valence electrons. The first-order valence-electron chi connectivity index (χ1n) is 8.13. The van der Waals surface area contributed by atoms with Crippen LogP contribution in [0.4, 0.5) is 5.13 Å². The molecule has 1 N–H and O–H groups in total. The van der Waals surface area contributed by atoms with Crippen LogP contribution in [0.15, 0.2) is 24.5 Å². The van der Waals surface area contributed by atoms with Crippen LogP contribution in [0.3, 0.4) is 0 Å². The molecular formula is C17H25N5S. The summed E-state index contributed by atoms with van der Waals surface area (Å²) >= 11 is 1.46. The predicted octanol–water partition coefficient (Wildman–Crippen LogP) is 3.34. The van der Waals surface area contributed by atoms with Gasteiger partial charge in [-0.25, -0.2) is 4.98 Å². The lowest BCUT2D eigenvalue weighted by molar-refractivity contribution is 0.281. The highest BCUT2D eigenvalue weighted by atomic mass is 32.1. The third-order valence-corrected chi connectivity index (χ3v) is 5.09. The number of pyridine rings is 1. The molecule has 1 fully saturated rings. The molecular weight excluding hydrogens is 306 g/mol. The number of aromatic nitrogens is 3. The minimum absolute atomic E-state index is 0.00223. The van der Waals surface area contributed by atoms with E-state index in [0.29, 0.717) is 12.0 Å². The van der Waals surface area contributed by atoms with Crippen LogP contribution >= 0.6 is 11.5 Å². The molecule has 0 bridgehead atoms. The van der Waals surface area contributed by atoms with Gasteiger partial charge < -0.3 is 5.32 Å². The Kier molecular flexibility index (Phi) is 4.64. The second-order valence-corrected chi connectivity index (χ2v) is 8.07. The highest BCUT2D eigenvalue weighted by Crippen LogP contribution is 2.36. The van der Waals surface area contributed by atoms with Crippen LogP contribution in [-0.2, 0) is 5.41 Å². The summed E-state index contributed by atoms with van der Waals surface area (Å²) in [6.07, 6.45) is 5.01. The van der Waals surface area contributed by atoms with E-state index in [1.54, 1.807) is 0 Å². The second-order valence-electron chi connectivity index (χ2n) is 7.31. The number of anilines is 1. The van der Waals surface area contributed by atoms with Gasteiger partial charge in [-0.3, -0.25) is 9.88 Å². The van der Waals surface area contributed by atoms with E-state index in [4.69, 9.17) is 0 Å². The molecule has 2 aromatic heterocycles. The standard InChI is InChI=1S/C17H25N5S/c1-17(2,3)15-20-16(23-21-15)19-11-13-7-9-22(4)14(13)12-6-5-8-18-10-12/h5-6,8,10,13-14H,7,9,11H2,1-4H3,(H,19,20,21)/t13-,14-/m0/s1. The number of hydrogen-bond donors (Lipinski definition) is 1. The Morgan fingerprint density at radius 1 is 1.39 bits per heavy atom. The lowest BCUT2D eigenvalue weighted by atomic mass is 9.95.